The fourth-order valence-electron chi connectivity index (χ4n) is 19.1. The first-order valence-electron chi connectivity index (χ1n) is 47.9. The third-order valence-electron chi connectivity index (χ3n) is 29.1. The molecule has 794 valence electrons. The molecule has 11 aliphatic rings. The van der Waals surface area contributed by atoms with Crippen molar-refractivity contribution < 1.29 is 146 Å². The van der Waals surface area contributed by atoms with E-state index in [1.165, 1.54) is 121 Å². The molecule has 0 bridgehead atoms. The molecule has 3 aromatic carbocycles. The summed E-state index contributed by atoms with van der Waals surface area (Å²) in [5.74, 6) is 2.25. The Bertz CT molecular complexity index is 6250. The van der Waals surface area contributed by atoms with E-state index in [1.54, 1.807) is 20.8 Å². The number of pyridine rings is 5. The molecule has 6 fully saturated rings. The van der Waals surface area contributed by atoms with Crippen LogP contribution in [0.4, 0.5) is 48.7 Å². The molecule has 146 heavy (non-hydrogen) atoms. The minimum absolute atomic E-state index is 0.00368. The molecular weight excluding hydrogens is 2020 g/mol. The number of carbonyl (C=O) groups excluding carboxylic acids is 3. The lowest BCUT2D eigenvalue weighted by atomic mass is 9.79. The van der Waals surface area contributed by atoms with Crippen LogP contribution in [0.1, 0.15) is 236 Å². The van der Waals surface area contributed by atoms with Crippen LogP contribution in [0, 0.1) is 35.4 Å². The number of Topliss-reactive ketones (excluding diaryl/α,β-unsaturated/α-hetero) is 2. The van der Waals surface area contributed by atoms with Gasteiger partial charge in [-0.3, -0.25) is 9.59 Å². The fourth-order valence-corrected chi connectivity index (χ4v) is 20.1. The van der Waals surface area contributed by atoms with Gasteiger partial charge in [-0.2, -0.15) is 39.5 Å². The number of alkyl halides is 9. The Balaban J connectivity index is 0.000000144. The lowest BCUT2D eigenvalue weighted by molar-refractivity contribution is -0.270. The highest BCUT2D eigenvalue weighted by molar-refractivity contribution is 6.32. The maximum atomic E-state index is 14.7. The van der Waals surface area contributed by atoms with Gasteiger partial charge >= 0.3 is 24.6 Å². The van der Waals surface area contributed by atoms with E-state index >= 15 is 0 Å². The van der Waals surface area contributed by atoms with E-state index in [1.807, 2.05) is 13.0 Å². The molecule has 5 aliphatic carbocycles. The molecule has 43 heteroatoms. The molecule has 11 heterocycles. The molecule has 12 N–H and O–H groups in total. The second-order valence-corrected chi connectivity index (χ2v) is 43.2. The highest BCUT2D eigenvalue weighted by atomic mass is 35.5. The van der Waals surface area contributed by atoms with Crippen LogP contribution in [0.2, 0.25) is 20.6 Å². The predicted molar refractivity (Wildman–Crippen MR) is 513 cm³/mol. The topological polar surface area (TPSA) is 426 Å². The van der Waals surface area contributed by atoms with Gasteiger partial charge in [0.2, 0.25) is 16.8 Å². The number of nitrogens with one attached hydrogen (secondary N) is 1. The summed E-state index contributed by atoms with van der Waals surface area (Å²) in [7, 11) is 2.66. The number of aliphatic hydroxyl groups is 7. The third-order valence-corrected chi connectivity index (χ3v) is 30.2. The lowest BCUT2D eigenvalue weighted by Gasteiger charge is -2.33. The monoisotopic (exact) mass is 2130 g/mol. The second kappa shape index (κ2) is 40.9. The Morgan fingerprint density at radius 1 is 0.479 bits per heavy atom. The van der Waals surface area contributed by atoms with E-state index in [9.17, 15) is 94.0 Å². The summed E-state index contributed by atoms with van der Waals surface area (Å²) in [5.41, 5.74) is -0.806. The average Bonchev–Trinajstić information content (AvgIpc) is 1.54. The highest BCUT2D eigenvalue weighted by Crippen LogP contribution is 2.62. The number of nitrogens with two attached hydrogens (primary N) is 2. The summed E-state index contributed by atoms with van der Waals surface area (Å²) >= 11 is 24.7. The standard InChI is InChI=1S/C31H32F4N2O6.C30H36ClF3N2O8.C14H16ClF3N2O2.C14H18ClNO3.C14H16ClNO2/c1-17(38)15-42-24-10-5-19(13-25(24)41-2)23(39)11-12-30(40,31(33,34)35)26-14-22-28(43-16-29(22,36)20-6-7-20)27(37-26)18-3-8-21(32)9-4-18;1-16(37)14-42-21-9-6-17(12-22(21)41-5)20(38)10-11-29(40,30(32,33)34)23-13-19-24(25(31)35-23)43-15-28(19,18-7-8-18)36-26(39)44-27(2,3)4;1-12(7-2-3-7)6-22-10-8(12)4-9(20-11(10)15)13(21,5-19)14(16,17)18;1-13(8-3-4-8)7-19-11-9(13)5-10(16-12(11)15)14(2,18)6-17;1-13(8-3-4-8)6-17-11-9(13)5-10(16-12(11)15)14(2)7-18-14/h3-5,8-10,13-14,17,20,38,40H,6-7,11-12,15-16,36H2,1-2H3;6,9,12-13,16,18,37,40H,7-8,10-11,14-15H2,1-5H3,(H,36,39);4,7,21H,2-3,5-6,19H2,1H3;5,8,17-18H,3-4,6-7H2,1-2H3;5,8H,3-4,6-7H2,1-2H3/t17-,29+,30?;16-,28?,29?;12-,13?;2*13-,14?/m11111/s1. The van der Waals surface area contributed by atoms with Crippen LogP contribution in [0.15, 0.2) is 91.0 Å². The molecule has 1 saturated heterocycles. The highest BCUT2D eigenvalue weighted by Gasteiger charge is 2.63. The molecular formula is C103H118Cl4F10N8O21. The van der Waals surface area contributed by atoms with Crippen molar-refractivity contribution in [3.8, 4) is 63.0 Å². The summed E-state index contributed by atoms with van der Waals surface area (Å²) < 4.78 is 202. The van der Waals surface area contributed by atoms with Gasteiger partial charge < -0.3 is 105 Å². The van der Waals surface area contributed by atoms with Gasteiger partial charge in [0.15, 0.2) is 83.9 Å². The van der Waals surface area contributed by atoms with E-state index in [0.717, 1.165) is 86.1 Å². The number of methoxy groups -OCH3 is 2. The van der Waals surface area contributed by atoms with Gasteiger partial charge in [-0.15, -0.1) is 0 Å². The molecule has 6 aliphatic heterocycles. The van der Waals surface area contributed by atoms with E-state index < -0.39 is 160 Å². The Morgan fingerprint density at radius 2 is 0.856 bits per heavy atom. The molecule has 0 radical (unpaired) electrons. The van der Waals surface area contributed by atoms with Crippen molar-refractivity contribution in [2.24, 2.45) is 41.1 Å². The number of hydrogen-bond donors (Lipinski definition) is 10. The fraction of sp³-hybridized carbons (Fsp3) is 0.553. The Labute approximate surface area is 855 Å². The van der Waals surface area contributed by atoms with E-state index in [0.29, 0.717) is 65.8 Å². The number of alkyl carbamates (subject to hydrolysis) is 1. The molecule has 5 aromatic heterocycles. The second-order valence-electron chi connectivity index (χ2n) is 41.8. The number of ether oxygens (including phenoxy) is 11. The van der Waals surface area contributed by atoms with Crippen LogP contribution in [0.25, 0.3) is 11.3 Å². The number of amides is 1. The van der Waals surface area contributed by atoms with Crippen LogP contribution in [0.3, 0.4) is 0 Å². The maximum absolute atomic E-state index is 14.7. The van der Waals surface area contributed by atoms with E-state index in [2.05, 4.69) is 57.1 Å². The number of epoxide rings is 1. The zero-order valence-corrected chi connectivity index (χ0v) is 85.2. The Kier molecular flexibility index (Phi) is 30.9. The van der Waals surface area contributed by atoms with Crippen LogP contribution in [-0.2, 0) is 64.8 Å². The van der Waals surface area contributed by atoms with E-state index in [-0.39, 0.29) is 133 Å². The van der Waals surface area contributed by atoms with Crippen molar-refractivity contribution in [2.45, 2.75) is 251 Å². The van der Waals surface area contributed by atoms with Gasteiger partial charge in [-0.1, -0.05) is 67.2 Å². The Hall–Kier alpha value is -9.72. The molecule has 1 amide bonds. The quantitative estimate of drug-likeness (QED) is 0.00865. The Morgan fingerprint density at radius 3 is 1.25 bits per heavy atom. The van der Waals surface area contributed by atoms with Crippen LogP contribution >= 0.6 is 46.4 Å². The van der Waals surface area contributed by atoms with Crippen molar-refractivity contribution in [3.63, 3.8) is 0 Å². The van der Waals surface area contributed by atoms with Crippen LogP contribution in [-0.4, -0.2) is 195 Å². The number of rotatable bonds is 30. The zero-order chi connectivity index (χ0) is 107. The summed E-state index contributed by atoms with van der Waals surface area (Å²) in [6.07, 6.45) is -11.4. The first-order chi connectivity index (χ1) is 68.2. The predicted octanol–water partition coefficient (Wildman–Crippen LogP) is 18.0. The van der Waals surface area contributed by atoms with Crippen LogP contribution in [0.5, 0.6) is 51.7 Å². The maximum Gasteiger partial charge on any atom is 0.424 e. The molecule has 5 saturated carbocycles. The molecule has 8 aromatic rings. The first kappa shape index (κ1) is 110. The molecule has 29 nitrogen and oxygen atoms in total. The first-order valence-corrected chi connectivity index (χ1v) is 49.4. The number of carbonyl (C=O) groups is 3. The number of benzene rings is 3. The number of aromatic nitrogens is 5. The number of halogens is 14. The summed E-state index contributed by atoms with van der Waals surface area (Å²) in [6.45, 7) is 18.9. The SMILES string of the molecule is CC(O)(CO)c1cc2c(c(Cl)n1)OC[C@]2(C)C1CC1.CC1(c2cc3c(c(Cl)n2)OC[C@]3(C)C2CC2)CO1.COc1cc(C(=O)CCC(O)(c2cc3c(c(-c4ccc(F)cc4)n2)OC[C@]3(N)C2CC2)C(F)(F)F)ccc1OC[C@@H](C)O.COc1cc(C(=O)CCC(O)(c2cc3c(c(Cl)n2)OCC3(NC(=O)OC(C)(C)C)C2CC2)C(F)(F)F)ccc1OC[C@@H](C)O.C[C@]1(C2CC2)COc2c1cc(C(O)(CN)C(F)(F)F)nc2Cl. The number of nitrogens with zero attached hydrogens (tertiary/aromatic N) is 5. The summed E-state index contributed by atoms with van der Waals surface area (Å²) in [5, 5.41) is 73.8. The third kappa shape index (κ3) is 22.3. The summed E-state index contributed by atoms with van der Waals surface area (Å²) in [4.78, 5) is 59.3. The van der Waals surface area contributed by atoms with Gasteiger partial charge in [-0.25, -0.2) is 34.1 Å². The zero-order valence-electron chi connectivity index (χ0n) is 82.2. The largest absolute Gasteiger partial charge is 0.493 e. The minimum Gasteiger partial charge on any atom is -0.493 e. The number of ketones is 2. The van der Waals surface area contributed by atoms with Gasteiger partial charge in [0.05, 0.1) is 93.5 Å². The van der Waals surface area contributed by atoms with Crippen molar-refractivity contribution in [1.29, 1.82) is 0 Å². The minimum atomic E-state index is -5.26. The smallest absolute Gasteiger partial charge is 0.424 e. The average molecular weight is 2140 g/mol. The molecule has 6 unspecified atom stereocenters. The van der Waals surface area contributed by atoms with Gasteiger partial charge in [0.1, 0.15) is 60.3 Å². The van der Waals surface area contributed by atoms with Crippen molar-refractivity contribution >= 4 is 64.1 Å². The number of hydrogen-bond acceptors (Lipinski definition) is 28. The molecule has 12 atom stereocenters. The van der Waals surface area contributed by atoms with Gasteiger partial charge in [0.25, 0.3) is 0 Å². The van der Waals surface area contributed by atoms with Crippen molar-refractivity contribution in [3.05, 3.63) is 185 Å². The van der Waals surface area contributed by atoms with Crippen molar-refractivity contribution in [1.82, 2.24) is 30.2 Å². The van der Waals surface area contributed by atoms with Crippen LogP contribution < -0.4 is 59.4 Å². The molecule has 19 rings (SSSR count). The van der Waals surface area contributed by atoms with E-state index in [4.69, 9.17) is 110 Å². The van der Waals surface area contributed by atoms with Gasteiger partial charge in [0, 0.05) is 80.1 Å². The number of aliphatic hydroxyl groups excluding tert-OH is 3. The number of fused-ring (bicyclic) bond motifs is 5. The molecule has 0 spiro atoms. The van der Waals surface area contributed by atoms with Crippen molar-refractivity contribution in [2.75, 3.05) is 80.2 Å². The summed E-state index contributed by atoms with van der Waals surface area (Å²) in [6, 6.07) is 20.6. The normalized spacial score (nSPS) is 24.4. The van der Waals surface area contributed by atoms with Gasteiger partial charge in [-0.05, 0) is 246 Å². The lowest BCUT2D eigenvalue weighted by Crippen LogP contribution is -2.51.